The zero-order chi connectivity index (χ0) is 45.5. The number of rotatable bonds is 14. The van der Waals surface area contributed by atoms with Crippen molar-refractivity contribution in [2.45, 2.75) is 90.5 Å². The van der Waals surface area contributed by atoms with Crippen molar-refractivity contribution in [3.8, 4) is 34.4 Å². The van der Waals surface area contributed by atoms with Crippen LogP contribution in [0.15, 0.2) is 36.4 Å². The molecule has 7 rings (SSSR count). The molecule has 0 atom stereocenters. The van der Waals surface area contributed by atoms with Crippen LogP contribution in [0.5, 0.6) is 11.8 Å². The molecule has 1 aliphatic carbocycles. The van der Waals surface area contributed by atoms with Gasteiger partial charge in [-0.05, 0) is 85.7 Å². The van der Waals surface area contributed by atoms with Crippen molar-refractivity contribution >= 4 is 41.5 Å². The third-order valence-electron chi connectivity index (χ3n) is 12.8. The number of benzene rings is 3. The van der Waals surface area contributed by atoms with Gasteiger partial charge >= 0.3 is 6.01 Å². The van der Waals surface area contributed by atoms with E-state index in [1.54, 1.807) is 37.0 Å². The molecule has 2 aromatic heterocycles. The Balaban J connectivity index is 1.46. The maximum atomic E-state index is 17.9. The molecule has 15 heteroatoms. The van der Waals surface area contributed by atoms with Gasteiger partial charge in [-0.25, -0.2) is 13.2 Å². The predicted molar refractivity (Wildman–Crippen MR) is 244 cm³/mol. The lowest BCUT2D eigenvalue weighted by Crippen LogP contribution is -2.43. The summed E-state index contributed by atoms with van der Waals surface area (Å²) in [6.07, 6.45) is 2.54. The number of nitrogens with zero attached hydrogens (tertiary/aromatic N) is 7. The normalized spacial score (nSPS) is 15.0. The first-order chi connectivity index (χ1) is 29.9. The summed E-state index contributed by atoms with van der Waals surface area (Å²) in [5, 5.41) is 5.47. The monoisotopic (exact) mass is 883 g/mol. The molecule has 0 unspecified atom stereocenters. The molecule has 0 bridgehead atoms. The summed E-state index contributed by atoms with van der Waals surface area (Å²) in [5.41, 5.74) is 4.95. The molecule has 2 aliphatic rings. The standard InChI is InChI=1S/C48H60F3N7O4Si/c1-29(2)63(30(3)4,31(5)6)20-15-35-38(49)14-13-32-21-34(62-28-60-11)23-36(41(32)35)42-39(50)24-37-44(43(42)51)52-47(61-27-48(16-17-48)26-55(7)8)53-45(37)57-18-12-19-58-33(25-57)22-40(54-58)46(59)56(9)10/h13-14,21-24,29-31H,12,16-19,25-28H2,1-11H3. The Morgan fingerprint density at radius 2 is 1.63 bits per heavy atom. The number of amides is 1. The minimum atomic E-state index is -2.37. The molecule has 5 aromatic rings. The van der Waals surface area contributed by atoms with E-state index >= 15 is 13.2 Å². The van der Waals surface area contributed by atoms with Crippen LogP contribution in [0, 0.1) is 34.3 Å². The number of hydrogen-bond donors (Lipinski definition) is 0. The fourth-order valence-electron chi connectivity index (χ4n) is 9.65. The molecule has 0 radical (unpaired) electrons. The van der Waals surface area contributed by atoms with Crippen LogP contribution in [0.4, 0.5) is 19.0 Å². The highest BCUT2D eigenvalue weighted by molar-refractivity contribution is 6.90. The second-order valence-electron chi connectivity index (χ2n) is 18.7. The number of halogens is 3. The van der Waals surface area contributed by atoms with Gasteiger partial charge in [0.2, 0.25) is 0 Å². The molecule has 3 aromatic carbocycles. The van der Waals surface area contributed by atoms with Gasteiger partial charge in [0.05, 0.1) is 30.0 Å². The van der Waals surface area contributed by atoms with Gasteiger partial charge in [-0.3, -0.25) is 9.48 Å². The minimum Gasteiger partial charge on any atom is -0.468 e. The molecule has 1 aliphatic heterocycles. The second-order valence-corrected chi connectivity index (χ2v) is 24.3. The number of methoxy groups -OCH3 is 1. The van der Waals surface area contributed by atoms with Crippen molar-refractivity contribution in [2.24, 2.45) is 5.41 Å². The Bertz CT molecular complexity index is 2570. The van der Waals surface area contributed by atoms with Crippen LogP contribution in [0.25, 0.3) is 32.8 Å². The van der Waals surface area contributed by atoms with Crippen LogP contribution in [0.2, 0.25) is 16.6 Å². The SMILES string of the molecule is COCOc1cc(-c2c(F)cc3c(N4CCCn5nc(C(=O)N(C)C)cc5C4)nc(OCC4(CN(C)C)CC4)nc3c2F)c2c(C#C[Si](C(C)C)(C(C)C)C(C)C)c(F)ccc2c1. The van der Waals surface area contributed by atoms with Crippen LogP contribution < -0.4 is 14.4 Å². The Labute approximate surface area is 369 Å². The quantitative estimate of drug-likeness (QED) is 0.0614. The van der Waals surface area contributed by atoms with Gasteiger partial charge in [0.1, 0.15) is 36.8 Å². The van der Waals surface area contributed by atoms with Gasteiger partial charge in [-0.2, -0.15) is 15.1 Å². The summed E-state index contributed by atoms with van der Waals surface area (Å²) in [7, 11) is 6.47. The van der Waals surface area contributed by atoms with E-state index < -0.39 is 31.1 Å². The van der Waals surface area contributed by atoms with Crippen molar-refractivity contribution in [3.05, 3.63) is 70.8 Å². The summed E-state index contributed by atoms with van der Waals surface area (Å²) in [4.78, 5) is 27.9. The van der Waals surface area contributed by atoms with E-state index in [-0.39, 0.29) is 86.3 Å². The molecule has 0 N–H and O–H groups in total. The second kappa shape index (κ2) is 18.1. The molecule has 0 saturated heterocycles. The number of anilines is 1. The summed E-state index contributed by atoms with van der Waals surface area (Å²) >= 11 is 0. The number of aromatic nitrogens is 4. The highest BCUT2D eigenvalue weighted by atomic mass is 28.3. The van der Waals surface area contributed by atoms with Crippen LogP contribution >= 0.6 is 0 Å². The number of carbonyl (C=O) groups is 1. The van der Waals surface area contributed by atoms with Gasteiger partial charge in [-0.15, -0.1) is 5.54 Å². The molecule has 1 amide bonds. The van der Waals surface area contributed by atoms with Gasteiger partial charge < -0.3 is 28.9 Å². The van der Waals surface area contributed by atoms with E-state index in [0.717, 1.165) is 25.1 Å². The van der Waals surface area contributed by atoms with Crippen LogP contribution in [0.3, 0.4) is 0 Å². The van der Waals surface area contributed by atoms with Gasteiger partial charge in [-0.1, -0.05) is 53.5 Å². The number of ether oxygens (including phenoxy) is 3. The fourth-order valence-corrected chi connectivity index (χ4v) is 14.9. The highest BCUT2D eigenvalue weighted by Crippen LogP contribution is 2.47. The Hall–Kier alpha value is -5.17. The summed E-state index contributed by atoms with van der Waals surface area (Å²) in [5.74, 6) is 1.14. The van der Waals surface area contributed by atoms with E-state index in [4.69, 9.17) is 19.2 Å². The third kappa shape index (κ3) is 8.99. The molecule has 63 heavy (non-hydrogen) atoms. The highest BCUT2D eigenvalue weighted by Gasteiger charge is 2.44. The topological polar surface area (TPSA) is 98.1 Å². The van der Waals surface area contributed by atoms with Gasteiger partial charge in [0.15, 0.2) is 18.3 Å². The molecule has 336 valence electrons. The van der Waals surface area contributed by atoms with E-state index in [2.05, 4.69) is 68.0 Å². The van der Waals surface area contributed by atoms with Gasteiger partial charge in [0.25, 0.3) is 5.91 Å². The summed E-state index contributed by atoms with van der Waals surface area (Å²) < 4.78 is 70.7. The minimum absolute atomic E-state index is 0.0442. The van der Waals surface area contributed by atoms with E-state index in [1.807, 2.05) is 19.0 Å². The fraction of sp³-hybridized carbons (Fsp3) is 0.500. The summed E-state index contributed by atoms with van der Waals surface area (Å²) in [6, 6.07) is 9.08. The maximum Gasteiger partial charge on any atom is 0.319 e. The molecule has 11 nitrogen and oxygen atoms in total. The van der Waals surface area contributed by atoms with Crippen molar-refractivity contribution in [3.63, 3.8) is 0 Å². The van der Waals surface area contributed by atoms with Gasteiger partial charge in [0, 0.05) is 62.6 Å². The van der Waals surface area contributed by atoms with Crippen molar-refractivity contribution in [1.29, 1.82) is 0 Å². The third-order valence-corrected chi connectivity index (χ3v) is 19.1. The molecule has 1 fully saturated rings. The first-order valence-corrected chi connectivity index (χ1v) is 24.0. The zero-order valence-electron chi connectivity index (χ0n) is 38.5. The smallest absolute Gasteiger partial charge is 0.319 e. The predicted octanol–water partition coefficient (Wildman–Crippen LogP) is 9.45. The lowest BCUT2D eigenvalue weighted by Gasteiger charge is -2.38. The first kappa shape index (κ1) is 45.8. The van der Waals surface area contributed by atoms with Crippen molar-refractivity contribution < 1.29 is 32.2 Å². The van der Waals surface area contributed by atoms with Crippen LogP contribution in [-0.2, 0) is 17.8 Å². The average molecular weight is 884 g/mol. The molecular weight excluding hydrogens is 824 g/mol. The van der Waals surface area contributed by atoms with E-state index in [0.29, 0.717) is 37.2 Å². The largest absolute Gasteiger partial charge is 0.468 e. The Kier molecular flexibility index (Phi) is 13.2. The van der Waals surface area contributed by atoms with Crippen LogP contribution in [-0.4, -0.2) is 105 Å². The Morgan fingerprint density at radius 1 is 0.921 bits per heavy atom. The molecule has 3 heterocycles. The van der Waals surface area contributed by atoms with Crippen molar-refractivity contribution in [1.82, 2.24) is 29.5 Å². The lowest BCUT2D eigenvalue weighted by molar-refractivity contribution is 0.0512. The average Bonchev–Trinajstić information content (AvgIpc) is 3.92. The molecule has 1 saturated carbocycles. The first-order valence-electron chi connectivity index (χ1n) is 21.8. The number of hydrogen-bond acceptors (Lipinski definition) is 9. The van der Waals surface area contributed by atoms with E-state index in [1.165, 1.54) is 30.2 Å². The Morgan fingerprint density at radius 3 is 2.27 bits per heavy atom. The lowest BCUT2D eigenvalue weighted by atomic mass is 9.92. The number of carbonyl (C=O) groups excluding carboxylic acids is 1. The zero-order valence-corrected chi connectivity index (χ0v) is 39.5. The number of aryl methyl sites for hydroxylation is 1. The molecule has 0 spiro atoms. The van der Waals surface area contributed by atoms with Crippen molar-refractivity contribution in [2.75, 3.05) is 66.7 Å². The maximum absolute atomic E-state index is 17.9. The summed E-state index contributed by atoms with van der Waals surface area (Å²) in [6.45, 7) is 15.3. The molecular formula is C48H60F3N7O4Si. The number of fused-ring (bicyclic) bond motifs is 3. The van der Waals surface area contributed by atoms with E-state index in [9.17, 15) is 4.79 Å². The van der Waals surface area contributed by atoms with Crippen LogP contribution in [0.1, 0.15) is 82.6 Å².